The van der Waals surface area contributed by atoms with Gasteiger partial charge >= 0.3 is 0 Å². The Morgan fingerprint density at radius 2 is 1.80 bits per heavy atom. The van der Waals surface area contributed by atoms with Gasteiger partial charge in [-0.05, 0) is 19.1 Å². The predicted molar refractivity (Wildman–Crippen MR) is 54.3 cm³/mol. The van der Waals surface area contributed by atoms with Crippen LogP contribution >= 0.6 is 0 Å². The van der Waals surface area contributed by atoms with Gasteiger partial charge in [0.15, 0.2) is 0 Å². The maximum Gasteiger partial charge on any atom is 0.117 e. The normalized spacial score (nSPS) is 12.0. The van der Waals surface area contributed by atoms with Gasteiger partial charge in [0.25, 0.3) is 0 Å². The molecule has 5 heteroatoms. The van der Waals surface area contributed by atoms with Gasteiger partial charge in [0.2, 0.25) is 0 Å². The highest BCUT2D eigenvalue weighted by Crippen LogP contribution is 2.08. The number of aliphatic hydroxyl groups is 3. The van der Waals surface area contributed by atoms with E-state index < -0.39 is 5.54 Å². The van der Waals surface area contributed by atoms with E-state index in [1.165, 1.54) is 0 Å². The van der Waals surface area contributed by atoms with Crippen LogP contribution in [0.25, 0.3) is 0 Å². The Balaban J connectivity index is 2.54. The molecule has 4 N–H and O–H groups in total. The zero-order chi connectivity index (χ0) is 11.3. The first kappa shape index (κ1) is 12.2. The van der Waals surface area contributed by atoms with Crippen LogP contribution in [0, 0.1) is 6.92 Å². The second kappa shape index (κ2) is 5.27. The van der Waals surface area contributed by atoms with Crippen molar-refractivity contribution in [2.45, 2.75) is 19.0 Å². The van der Waals surface area contributed by atoms with Crippen molar-refractivity contribution >= 4 is 0 Å². The number of rotatable bonds is 6. The summed E-state index contributed by atoms with van der Waals surface area (Å²) in [6.45, 7) is 1.19. The molecule has 0 amide bonds. The molecule has 15 heavy (non-hydrogen) atoms. The second-order valence-electron chi connectivity index (χ2n) is 3.62. The largest absolute Gasteiger partial charge is 0.465 e. The predicted octanol–water partition coefficient (Wildman–Crippen LogP) is -0.607. The molecule has 1 aromatic heterocycles. The Labute approximate surface area is 88.3 Å². The average Bonchev–Trinajstić information content (AvgIpc) is 2.67. The molecule has 0 aromatic carbocycles. The van der Waals surface area contributed by atoms with Gasteiger partial charge < -0.3 is 19.7 Å². The van der Waals surface area contributed by atoms with Crippen molar-refractivity contribution in [2.75, 3.05) is 19.8 Å². The molecule has 0 aliphatic rings. The summed E-state index contributed by atoms with van der Waals surface area (Å²) in [4.78, 5) is 0. The smallest absolute Gasteiger partial charge is 0.117 e. The quantitative estimate of drug-likeness (QED) is 0.509. The van der Waals surface area contributed by atoms with E-state index in [-0.39, 0.29) is 19.8 Å². The summed E-state index contributed by atoms with van der Waals surface area (Å²) in [5, 5.41) is 30.0. The van der Waals surface area contributed by atoms with Gasteiger partial charge in [-0.15, -0.1) is 0 Å². The highest BCUT2D eigenvalue weighted by Gasteiger charge is 2.27. The average molecular weight is 215 g/mol. The summed E-state index contributed by atoms with van der Waals surface area (Å²) in [6, 6.07) is 3.63. The fraction of sp³-hybridized carbons (Fsp3) is 0.600. The first-order chi connectivity index (χ1) is 7.15. The Morgan fingerprint density at radius 1 is 1.20 bits per heavy atom. The lowest BCUT2D eigenvalue weighted by Crippen LogP contribution is -2.54. The van der Waals surface area contributed by atoms with Crippen LogP contribution in [-0.4, -0.2) is 40.7 Å². The van der Waals surface area contributed by atoms with Gasteiger partial charge in [0, 0.05) is 0 Å². The number of nitrogens with one attached hydrogen (secondary N) is 1. The van der Waals surface area contributed by atoms with Gasteiger partial charge in [-0.2, -0.15) is 0 Å². The second-order valence-corrected chi connectivity index (χ2v) is 3.62. The van der Waals surface area contributed by atoms with E-state index in [4.69, 9.17) is 19.7 Å². The molecule has 1 heterocycles. The zero-order valence-corrected chi connectivity index (χ0v) is 8.73. The Kier molecular flexibility index (Phi) is 4.28. The van der Waals surface area contributed by atoms with Crippen LogP contribution < -0.4 is 5.32 Å². The van der Waals surface area contributed by atoms with E-state index in [0.29, 0.717) is 12.3 Å². The number of aliphatic hydroxyl groups excluding tert-OH is 3. The minimum atomic E-state index is -1.05. The molecule has 0 atom stereocenters. The van der Waals surface area contributed by atoms with E-state index in [1.807, 2.05) is 13.0 Å². The summed E-state index contributed by atoms with van der Waals surface area (Å²) in [5.74, 6) is 1.50. The van der Waals surface area contributed by atoms with Crippen LogP contribution in [-0.2, 0) is 6.54 Å². The molecule has 0 radical (unpaired) electrons. The van der Waals surface area contributed by atoms with E-state index >= 15 is 0 Å². The van der Waals surface area contributed by atoms with Crippen molar-refractivity contribution < 1.29 is 19.7 Å². The Hall–Kier alpha value is -0.880. The molecule has 0 saturated carbocycles. The van der Waals surface area contributed by atoms with E-state index in [1.54, 1.807) is 6.07 Å². The maximum atomic E-state index is 9.05. The Morgan fingerprint density at radius 3 is 2.20 bits per heavy atom. The number of hydrogen-bond acceptors (Lipinski definition) is 5. The molecule has 1 rings (SSSR count). The van der Waals surface area contributed by atoms with Crippen LogP contribution in [0.4, 0.5) is 0 Å². The molecule has 5 nitrogen and oxygen atoms in total. The SMILES string of the molecule is Cc1ccc(CNC(CO)(CO)CO)o1. The van der Waals surface area contributed by atoms with Gasteiger partial charge in [-0.1, -0.05) is 0 Å². The fourth-order valence-corrected chi connectivity index (χ4v) is 1.17. The molecule has 0 unspecified atom stereocenters. The lowest BCUT2D eigenvalue weighted by molar-refractivity contribution is 0.0402. The fourth-order valence-electron chi connectivity index (χ4n) is 1.17. The van der Waals surface area contributed by atoms with Crippen LogP contribution in [0.3, 0.4) is 0 Å². The van der Waals surface area contributed by atoms with Crippen LogP contribution in [0.2, 0.25) is 0 Å². The summed E-state index contributed by atoms with van der Waals surface area (Å²) < 4.78 is 5.30. The van der Waals surface area contributed by atoms with E-state index in [9.17, 15) is 0 Å². The molecule has 0 saturated heterocycles. The molecular weight excluding hydrogens is 198 g/mol. The van der Waals surface area contributed by atoms with Crippen molar-refractivity contribution in [3.63, 3.8) is 0 Å². The number of aryl methyl sites for hydroxylation is 1. The lowest BCUT2D eigenvalue weighted by atomic mass is 10.0. The number of hydrogen-bond donors (Lipinski definition) is 4. The third-order valence-corrected chi connectivity index (χ3v) is 2.34. The highest BCUT2D eigenvalue weighted by molar-refractivity contribution is 5.06. The first-order valence-corrected chi connectivity index (χ1v) is 4.79. The zero-order valence-electron chi connectivity index (χ0n) is 8.73. The molecule has 0 aliphatic carbocycles. The van der Waals surface area contributed by atoms with Crippen LogP contribution in [0.15, 0.2) is 16.5 Å². The molecule has 0 aliphatic heterocycles. The monoisotopic (exact) mass is 215 g/mol. The minimum Gasteiger partial charge on any atom is -0.465 e. The molecule has 0 fully saturated rings. The van der Waals surface area contributed by atoms with Crippen molar-refractivity contribution in [1.29, 1.82) is 0 Å². The van der Waals surface area contributed by atoms with E-state index in [0.717, 1.165) is 5.76 Å². The van der Waals surface area contributed by atoms with Crippen molar-refractivity contribution in [3.05, 3.63) is 23.7 Å². The maximum absolute atomic E-state index is 9.05. The van der Waals surface area contributed by atoms with Gasteiger partial charge in [0.05, 0.1) is 31.9 Å². The standard InChI is InChI=1S/C10H17NO4/c1-8-2-3-9(15-8)4-11-10(5-12,6-13)7-14/h2-3,11-14H,4-7H2,1H3. The lowest BCUT2D eigenvalue weighted by Gasteiger charge is -2.28. The molecular formula is C10H17NO4. The highest BCUT2D eigenvalue weighted by atomic mass is 16.3. The Bertz CT molecular complexity index is 285. The molecule has 0 bridgehead atoms. The van der Waals surface area contributed by atoms with Crippen molar-refractivity contribution in [3.8, 4) is 0 Å². The van der Waals surface area contributed by atoms with Crippen molar-refractivity contribution in [2.24, 2.45) is 0 Å². The first-order valence-electron chi connectivity index (χ1n) is 4.79. The molecule has 86 valence electrons. The third-order valence-electron chi connectivity index (χ3n) is 2.34. The third kappa shape index (κ3) is 3.04. The number of furan rings is 1. The summed E-state index contributed by atoms with van der Waals surface area (Å²) >= 11 is 0. The molecule has 0 spiro atoms. The van der Waals surface area contributed by atoms with Gasteiger partial charge in [-0.25, -0.2) is 0 Å². The molecule has 1 aromatic rings. The van der Waals surface area contributed by atoms with E-state index in [2.05, 4.69) is 5.32 Å². The summed E-state index contributed by atoms with van der Waals surface area (Å²) in [5.41, 5.74) is -1.05. The van der Waals surface area contributed by atoms with Gasteiger partial charge in [-0.3, -0.25) is 5.32 Å². The van der Waals surface area contributed by atoms with Crippen LogP contribution in [0.5, 0.6) is 0 Å². The van der Waals surface area contributed by atoms with Crippen molar-refractivity contribution in [1.82, 2.24) is 5.32 Å². The van der Waals surface area contributed by atoms with Crippen LogP contribution in [0.1, 0.15) is 11.5 Å². The van der Waals surface area contributed by atoms with Gasteiger partial charge in [0.1, 0.15) is 11.5 Å². The summed E-state index contributed by atoms with van der Waals surface area (Å²) in [6.07, 6.45) is 0. The minimum absolute atomic E-state index is 0.334. The summed E-state index contributed by atoms with van der Waals surface area (Å²) in [7, 11) is 0. The topological polar surface area (TPSA) is 85.9 Å².